The van der Waals surface area contributed by atoms with Crippen molar-refractivity contribution in [2.75, 3.05) is 19.8 Å². The summed E-state index contributed by atoms with van der Waals surface area (Å²) in [4.78, 5) is 24.2. The van der Waals surface area contributed by atoms with Gasteiger partial charge >= 0.3 is 12.1 Å². The second kappa shape index (κ2) is 7.21. The molecule has 1 heterocycles. The number of carbonyl (C=O) groups excluding carboxylic acids is 2. The van der Waals surface area contributed by atoms with E-state index >= 15 is 0 Å². The third-order valence-corrected chi connectivity index (χ3v) is 3.58. The molecule has 0 bridgehead atoms. The topological polar surface area (TPSA) is 64.6 Å². The van der Waals surface area contributed by atoms with E-state index in [1.165, 1.54) is 6.92 Å². The number of alkyl halides is 3. The summed E-state index contributed by atoms with van der Waals surface area (Å²) in [5.74, 6) is -1.05. The maximum Gasteiger partial charge on any atom is 0.411 e. The minimum absolute atomic E-state index is 0.126. The van der Waals surface area contributed by atoms with Gasteiger partial charge in [0.05, 0.1) is 5.56 Å². The van der Waals surface area contributed by atoms with E-state index in [0.717, 1.165) is 5.56 Å². The quantitative estimate of drug-likeness (QED) is 0.634. The minimum Gasteiger partial charge on any atom is -0.445 e. The van der Waals surface area contributed by atoms with Gasteiger partial charge in [-0.05, 0) is 25.0 Å². The second-order valence-corrected chi connectivity index (χ2v) is 5.73. The summed E-state index contributed by atoms with van der Waals surface area (Å²) in [5, 5.41) is 2.56. The Kier molecular flexibility index (Phi) is 5.48. The molecule has 1 atom stereocenters. The predicted molar refractivity (Wildman–Crippen MR) is 78.5 cm³/mol. The van der Waals surface area contributed by atoms with Crippen LogP contribution in [-0.2, 0) is 20.7 Å². The number of rotatable bonds is 6. The summed E-state index contributed by atoms with van der Waals surface area (Å²) < 4.78 is 45.4. The summed E-state index contributed by atoms with van der Waals surface area (Å²) >= 11 is 0. The number of ether oxygens (including phenoxy) is 2. The van der Waals surface area contributed by atoms with Gasteiger partial charge in [0.15, 0.2) is 5.60 Å². The zero-order valence-corrected chi connectivity index (χ0v) is 13.1. The fourth-order valence-corrected chi connectivity index (χ4v) is 2.41. The van der Waals surface area contributed by atoms with Crippen LogP contribution in [0.1, 0.15) is 29.3 Å². The molecule has 2 rings (SSSR count). The summed E-state index contributed by atoms with van der Waals surface area (Å²) in [6, 6.07) is 6.87. The van der Waals surface area contributed by atoms with Gasteiger partial charge in [0.2, 0.25) is 0 Å². The van der Waals surface area contributed by atoms with Crippen molar-refractivity contribution in [2.45, 2.75) is 31.5 Å². The Labute approximate surface area is 137 Å². The summed E-state index contributed by atoms with van der Waals surface area (Å²) in [6.45, 7) is 0.202. The smallest absolute Gasteiger partial charge is 0.411 e. The van der Waals surface area contributed by atoms with E-state index in [-0.39, 0.29) is 26.0 Å². The number of fused-ring (bicyclic) bond motifs is 1. The number of halogens is 3. The zero-order valence-electron chi connectivity index (χ0n) is 13.1. The van der Waals surface area contributed by atoms with Crippen molar-refractivity contribution in [1.82, 2.24) is 5.32 Å². The lowest BCUT2D eigenvalue weighted by molar-refractivity contribution is -0.174. The second-order valence-electron chi connectivity index (χ2n) is 5.73. The van der Waals surface area contributed by atoms with E-state index in [4.69, 9.17) is 4.74 Å². The number of amides is 1. The van der Waals surface area contributed by atoms with Crippen LogP contribution in [0.2, 0.25) is 0 Å². The van der Waals surface area contributed by atoms with Crippen molar-refractivity contribution in [2.24, 2.45) is 0 Å². The third kappa shape index (κ3) is 4.70. The normalized spacial score (nSPS) is 20.2. The monoisotopic (exact) mass is 345 g/mol. The molecule has 5 nitrogen and oxygen atoms in total. The van der Waals surface area contributed by atoms with Gasteiger partial charge in [-0.1, -0.05) is 18.2 Å². The molecule has 1 N–H and O–H groups in total. The van der Waals surface area contributed by atoms with Crippen LogP contribution in [0.3, 0.4) is 0 Å². The van der Waals surface area contributed by atoms with Gasteiger partial charge in [-0.15, -0.1) is 0 Å². The molecule has 1 aromatic carbocycles. The molecule has 0 aromatic heterocycles. The van der Waals surface area contributed by atoms with Crippen molar-refractivity contribution in [3.05, 3.63) is 35.4 Å². The summed E-state index contributed by atoms with van der Waals surface area (Å²) in [5.41, 5.74) is -0.179. The zero-order chi connectivity index (χ0) is 17.8. The molecular formula is C16H18F3NO4. The van der Waals surface area contributed by atoms with Crippen LogP contribution in [-0.4, -0.2) is 43.4 Å². The Morgan fingerprint density at radius 3 is 2.79 bits per heavy atom. The predicted octanol–water partition coefficient (Wildman–Crippen LogP) is 2.24. The molecule has 1 aromatic rings. The fraction of sp³-hybridized carbons (Fsp3) is 0.500. The lowest BCUT2D eigenvalue weighted by atomic mass is 9.89. The van der Waals surface area contributed by atoms with Crippen LogP contribution in [0.25, 0.3) is 0 Å². The van der Waals surface area contributed by atoms with E-state index in [1.807, 2.05) is 0 Å². The van der Waals surface area contributed by atoms with Crippen molar-refractivity contribution < 1.29 is 32.2 Å². The molecule has 0 spiro atoms. The molecule has 1 amide bonds. The SMILES string of the molecule is CC1(C(=O)NCCCOCC(F)(F)F)Cc2ccccc2C(=O)O1. The highest BCUT2D eigenvalue weighted by atomic mass is 19.4. The first-order chi connectivity index (χ1) is 11.2. The average Bonchev–Trinajstić information content (AvgIpc) is 2.49. The van der Waals surface area contributed by atoms with Gasteiger partial charge in [-0.3, -0.25) is 4.79 Å². The molecule has 0 radical (unpaired) electrons. The van der Waals surface area contributed by atoms with Gasteiger partial charge in [-0.2, -0.15) is 13.2 Å². The van der Waals surface area contributed by atoms with E-state index < -0.39 is 30.3 Å². The molecule has 0 saturated heterocycles. The molecule has 132 valence electrons. The number of hydrogen-bond donors (Lipinski definition) is 1. The third-order valence-electron chi connectivity index (χ3n) is 3.58. The summed E-state index contributed by atoms with van der Waals surface area (Å²) in [6.07, 6.45) is -3.89. The van der Waals surface area contributed by atoms with Crippen LogP contribution in [0.15, 0.2) is 24.3 Å². The molecule has 8 heteroatoms. The first-order valence-electron chi connectivity index (χ1n) is 7.45. The van der Waals surface area contributed by atoms with Crippen LogP contribution >= 0.6 is 0 Å². The molecule has 24 heavy (non-hydrogen) atoms. The lowest BCUT2D eigenvalue weighted by Gasteiger charge is -2.33. The van der Waals surface area contributed by atoms with E-state index in [0.29, 0.717) is 5.56 Å². The highest BCUT2D eigenvalue weighted by molar-refractivity contribution is 5.97. The Hall–Kier alpha value is -2.09. The standard InChI is InChI=1S/C16H18F3NO4/c1-15(9-11-5-2-3-6-12(11)13(21)24-15)14(22)20-7-4-8-23-10-16(17,18)19/h2-3,5-6H,4,7-10H2,1H3,(H,20,22). The van der Waals surface area contributed by atoms with E-state index in [9.17, 15) is 22.8 Å². The van der Waals surface area contributed by atoms with Gasteiger partial charge in [0, 0.05) is 19.6 Å². The first kappa shape index (κ1) is 18.3. The maximum atomic E-state index is 12.3. The Balaban J connectivity index is 1.81. The van der Waals surface area contributed by atoms with E-state index in [2.05, 4.69) is 10.1 Å². The molecule has 1 aliphatic heterocycles. The Morgan fingerprint density at radius 2 is 2.08 bits per heavy atom. The fourth-order valence-electron chi connectivity index (χ4n) is 2.41. The van der Waals surface area contributed by atoms with Crippen LogP contribution in [0, 0.1) is 0 Å². The molecular weight excluding hydrogens is 327 g/mol. The number of nitrogens with one attached hydrogen (secondary N) is 1. The van der Waals surface area contributed by atoms with Crippen molar-refractivity contribution in [1.29, 1.82) is 0 Å². The molecule has 0 aliphatic carbocycles. The highest BCUT2D eigenvalue weighted by Gasteiger charge is 2.42. The molecule has 1 unspecified atom stereocenters. The minimum atomic E-state index is -4.36. The number of hydrogen-bond acceptors (Lipinski definition) is 4. The van der Waals surface area contributed by atoms with Gasteiger partial charge in [0.1, 0.15) is 6.61 Å². The number of carbonyl (C=O) groups is 2. The Bertz CT molecular complexity index is 618. The summed E-state index contributed by atoms with van der Waals surface area (Å²) in [7, 11) is 0. The van der Waals surface area contributed by atoms with Crippen LogP contribution in [0.5, 0.6) is 0 Å². The van der Waals surface area contributed by atoms with Crippen LogP contribution in [0.4, 0.5) is 13.2 Å². The van der Waals surface area contributed by atoms with Gasteiger partial charge in [-0.25, -0.2) is 4.79 Å². The van der Waals surface area contributed by atoms with Gasteiger partial charge < -0.3 is 14.8 Å². The number of benzene rings is 1. The number of esters is 1. The van der Waals surface area contributed by atoms with E-state index in [1.54, 1.807) is 24.3 Å². The first-order valence-corrected chi connectivity index (χ1v) is 7.45. The number of cyclic esters (lactones) is 1. The molecule has 0 saturated carbocycles. The Morgan fingerprint density at radius 1 is 1.38 bits per heavy atom. The van der Waals surface area contributed by atoms with Crippen molar-refractivity contribution >= 4 is 11.9 Å². The van der Waals surface area contributed by atoms with Crippen LogP contribution < -0.4 is 5.32 Å². The van der Waals surface area contributed by atoms with Gasteiger partial charge in [0.25, 0.3) is 5.91 Å². The highest BCUT2D eigenvalue weighted by Crippen LogP contribution is 2.28. The largest absolute Gasteiger partial charge is 0.445 e. The van der Waals surface area contributed by atoms with Crippen molar-refractivity contribution in [3.63, 3.8) is 0 Å². The average molecular weight is 345 g/mol. The maximum absolute atomic E-state index is 12.3. The molecule has 1 aliphatic rings. The van der Waals surface area contributed by atoms with Crippen molar-refractivity contribution in [3.8, 4) is 0 Å². The molecule has 0 fully saturated rings. The lowest BCUT2D eigenvalue weighted by Crippen LogP contribution is -2.51.